The molecule has 0 spiro atoms. The molecule has 0 aliphatic rings. The first-order valence-corrected chi connectivity index (χ1v) is 5.33. The van der Waals surface area contributed by atoms with Crippen molar-refractivity contribution in [1.29, 1.82) is 0 Å². The average molecular weight is 230 g/mol. The van der Waals surface area contributed by atoms with Gasteiger partial charge in [0.2, 0.25) is 0 Å². The maximum Gasteiger partial charge on any atom is 0.138 e. The standard InChI is InChI=1S/C13H14N2O2/c14-7-11-3-6-13(8-15-11)17-9-10-1-4-12(16)5-2-10/h1-6,8,16H,7,9,14H2. The van der Waals surface area contributed by atoms with E-state index in [1.807, 2.05) is 24.3 Å². The average Bonchev–Trinajstić information content (AvgIpc) is 2.39. The van der Waals surface area contributed by atoms with Gasteiger partial charge in [-0.25, -0.2) is 0 Å². The molecule has 0 amide bonds. The normalized spacial score (nSPS) is 10.2. The summed E-state index contributed by atoms with van der Waals surface area (Å²) >= 11 is 0. The molecule has 2 rings (SSSR count). The minimum Gasteiger partial charge on any atom is -0.508 e. The molecule has 0 radical (unpaired) electrons. The molecule has 2 aromatic rings. The van der Waals surface area contributed by atoms with Gasteiger partial charge in [-0.05, 0) is 29.8 Å². The van der Waals surface area contributed by atoms with Crippen LogP contribution in [0.25, 0.3) is 0 Å². The number of rotatable bonds is 4. The van der Waals surface area contributed by atoms with Gasteiger partial charge in [-0.2, -0.15) is 0 Å². The first-order valence-electron chi connectivity index (χ1n) is 5.33. The van der Waals surface area contributed by atoms with E-state index in [1.165, 1.54) is 0 Å². The number of hydrogen-bond acceptors (Lipinski definition) is 4. The number of pyridine rings is 1. The first kappa shape index (κ1) is 11.4. The van der Waals surface area contributed by atoms with Gasteiger partial charge < -0.3 is 15.6 Å². The molecule has 3 N–H and O–H groups in total. The summed E-state index contributed by atoms with van der Waals surface area (Å²) in [6.45, 7) is 0.877. The Morgan fingerprint density at radius 2 is 1.88 bits per heavy atom. The van der Waals surface area contributed by atoms with Crippen molar-refractivity contribution < 1.29 is 9.84 Å². The first-order chi connectivity index (χ1) is 8.28. The van der Waals surface area contributed by atoms with Gasteiger partial charge in [-0.15, -0.1) is 0 Å². The maximum absolute atomic E-state index is 9.14. The molecule has 4 heteroatoms. The van der Waals surface area contributed by atoms with Gasteiger partial charge in [0.1, 0.15) is 18.1 Å². The van der Waals surface area contributed by atoms with Crippen molar-refractivity contribution in [3.05, 3.63) is 53.9 Å². The number of phenols is 1. The number of nitrogens with two attached hydrogens (primary N) is 1. The Hall–Kier alpha value is -2.07. The predicted molar refractivity (Wildman–Crippen MR) is 64.6 cm³/mol. The smallest absolute Gasteiger partial charge is 0.138 e. The van der Waals surface area contributed by atoms with Gasteiger partial charge in [0.05, 0.1) is 11.9 Å². The molecule has 4 nitrogen and oxygen atoms in total. The van der Waals surface area contributed by atoms with Crippen LogP contribution in [0.1, 0.15) is 11.3 Å². The number of aromatic hydroxyl groups is 1. The van der Waals surface area contributed by atoms with Crippen LogP contribution in [-0.2, 0) is 13.2 Å². The van der Waals surface area contributed by atoms with Crippen LogP contribution in [0, 0.1) is 0 Å². The Labute approximate surface area is 99.7 Å². The van der Waals surface area contributed by atoms with Gasteiger partial charge in [0.25, 0.3) is 0 Å². The molecule has 1 heterocycles. The topological polar surface area (TPSA) is 68.4 Å². The molecule has 0 saturated carbocycles. The number of ether oxygens (including phenoxy) is 1. The summed E-state index contributed by atoms with van der Waals surface area (Å²) in [5, 5.41) is 9.14. The summed E-state index contributed by atoms with van der Waals surface area (Å²) in [5.74, 6) is 0.956. The number of aromatic nitrogens is 1. The van der Waals surface area contributed by atoms with E-state index < -0.39 is 0 Å². The Kier molecular flexibility index (Phi) is 3.57. The molecule has 0 bridgehead atoms. The lowest BCUT2D eigenvalue weighted by Crippen LogP contribution is -2.00. The third kappa shape index (κ3) is 3.19. The molecule has 0 atom stereocenters. The predicted octanol–water partition coefficient (Wildman–Crippen LogP) is 1.82. The second-order valence-corrected chi connectivity index (χ2v) is 3.64. The van der Waals surface area contributed by atoms with E-state index in [-0.39, 0.29) is 5.75 Å². The van der Waals surface area contributed by atoms with Crippen LogP contribution < -0.4 is 10.5 Å². The quantitative estimate of drug-likeness (QED) is 0.840. The fraction of sp³-hybridized carbons (Fsp3) is 0.154. The molecule has 0 unspecified atom stereocenters. The van der Waals surface area contributed by atoms with Gasteiger partial charge in [-0.3, -0.25) is 4.98 Å². The van der Waals surface area contributed by atoms with E-state index in [1.54, 1.807) is 18.3 Å². The lowest BCUT2D eigenvalue weighted by molar-refractivity contribution is 0.304. The van der Waals surface area contributed by atoms with Gasteiger partial charge in [0.15, 0.2) is 0 Å². The summed E-state index contributed by atoms with van der Waals surface area (Å²) in [6.07, 6.45) is 1.66. The highest BCUT2D eigenvalue weighted by Gasteiger charge is 1.97. The SMILES string of the molecule is NCc1ccc(OCc2ccc(O)cc2)cn1. The molecule has 17 heavy (non-hydrogen) atoms. The molecular formula is C13H14N2O2. The Morgan fingerprint density at radius 3 is 2.47 bits per heavy atom. The highest BCUT2D eigenvalue weighted by Crippen LogP contribution is 2.14. The summed E-state index contributed by atoms with van der Waals surface area (Å²) < 4.78 is 5.55. The molecular weight excluding hydrogens is 216 g/mol. The van der Waals surface area contributed by atoms with E-state index in [0.29, 0.717) is 18.9 Å². The van der Waals surface area contributed by atoms with E-state index in [2.05, 4.69) is 4.98 Å². The molecule has 1 aromatic carbocycles. The number of nitrogens with zero attached hydrogens (tertiary/aromatic N) is 1. The zero-order chi connectivity index (χ0) is 12.1. The monoisotopic (exact) mass is 230 g/mol. The van der Waals surface area contributed by atoms with Gasteiger partial charge in [-0.1, -0.05) is 12.1 Å². The van der Waals surface area contributed by atoms with Crippen LogP contribution in [0.3, 0.4) is 0 Å². The van der Waals surface area contributed by atoms with Crippen LogP contribution in [0.5, 0.6) is 11.5 Å². The summed E-state index contributed by atoms with van der Waals surface area (Å²) in [5.41, 5.74) is 7.28. The summed E-state index contributed by atoms with van der Waals surface area (Å²) in [6, 6.07) is 10.6. The molecule has 1 aromatic heterocycles. The fourth-order valence-electron chi connectivity index (χ4n) is 1.38. The Balaban J connectivity index is 1.95. The highest BCUT2D eigenvalue weighted by atomic mass is 16.5. The molecule has 88 valence electrons. The molecule has 0 saturated heterocycles. The maximum atomic E-state index is 9.14. The van der Waals surface area contributed by atoms with Gasteiger partial charge in [0, 0.05) is 6.54 Å². The van der Waals surface area contributed by atoms with Crippen molar-refractivity contribution in [1.82, 2.24) is 4.98 Å². The molecule has 0 aliphatic carbocycles. The van der Waals surface area contributed by atoms with Crippen molar-refractivity contribution in [2.45, 2.75) is 13.2 Å². The summed E-state index contributed by atoms with van der Waals surface area (Å²) in [7, 11) is 0. The third-order valence-corrected chi connectivity index (χ3v) is 2.35. The number of hydrogen-bond donors (Lipinski definition) is 2. The van der Waals surface area contributed by atoms with E-state index in [4.69, 9.17) is 15.6 Å². The number of benzene rings is 1. The third-order valence-electron chi connectivity index (χ3n) is 2.35. The van der Waals surface area contributed by atoms with Crippen molar-refractivity contribution in [3.8, 4) is 11.5 Å². The van der Waals surface area contributed by atoms with Crippen molar-refractivity contribution in [2.24, 2.45) is 5.73 Å². The minimum atomic E-state index is 0.253. The van der Waals surface area contributed by atoms with Crippen LogP contribution in [0.15, 0.2) is 42.6 Å². The molecule has 0 aliphatic heterocycles. The van der Waals surface area contributed by atoms with Crippen LogP contribution in [0.2, 0.25) is 0 Å². The van der Waals surface area contributed by atoms with Crippen molar-refractivity contribution in [3.63, 3.8) is 0 Å². The highest BCUT2D eigenvalue weighted by molar-refractivity contribution is 5.26. The van der Waals surface area contributed by atoms with E-state index in [0.717, 1.165) is 11.3 Å². The number of phenolic OH excluding ortho intramolecular Hbond substituents is 1. The largest absolute Gasteiger partial charge is 0.508 e. The van der Waals surface area contributed by atoms with E-state index in [9.17, 15) is 0 Å². The molecule has 0 fully saturated rings. The Morgan fingerprint density at radius 1 is 1.12 bits per heavy atom. The van der Waals surface area contributed by atoms with Crippen LogP contribution in [0.4, 0.5) is 0 Å². The Bertz CT molecular complexity index is 466. The lowest BCUT2D eigenvalue weighted by atomic mass is 10.2. The second kappa shape index (κ2) is 5.32. The zero-order valence-corrected chi connectivity index (χ0v) is 9.34. The minimum absolute atomic E-state index is 0.253. The van der Waals surface area contributed by atoms with E-state index >= 15 is 0 Å². The van der Waals surface area contributed by atoms with Gasteiger partial charge >= 0.3 is 0 Å². The fourth-order valence-corrected chi connectivity index (χ4v) is 1.38. The zero-order valence-electron chi connectivity index (χ0n) is 9.34. The van der Waals surface area contributed by atoms with Crippen molar-refractivity contribution in [2.75, 3.05) is 0 Å². The second-order valence-electron chi connectivity index (χ2n) is 3.64. The summed E-state index contributed by atoms with van der Waals surface area (Å²) in [4.78, 5) is 4.13. The lowest BCUT2D eigenvalue weighted by Gasteiger charge is -2.06. The van der Waals surface area contributed by atoms with Crippen LogP contribution >= 0.6 is 0 Å². The van der Waals surface area contributed by atoms with Crippen LogP contribution in [-0.4, -0.2) is 10.1 Å². The van der Waals surface area contributed by atoms with Crippen molar-refractivity contribution >= 4 is 0 Å².